The maximum absolute atomic E-state index is 11.6. The molecule has 0 aliphatic carbocycles. The van der Waals surface area contributed by atoms with Gasteiger partial charge in [0.25, 0.3) is 0 Å². The summed E-state index contributed by atoms with van der Waals surface area (Å²) in [5.41, 5.74) is 8.79. The number of nitrogen functional groups attached to an aromatic ring is 1. The van der Waals surface area contributed by atoms with Crippen LogP contribution in [0.4, 0.5) is 11.4 Å². The first-order valence-electron chi connectivity index (χ1n) is 6.35. The Hall–Kier alpha value is -3.00. The molecule has 0 aromatic heterocycles. The fraction of sp³-hybridized carbons (Fsp3) is 0.125. The lowest BCUT2D eigenvalue weighted by Crippen LogP contribution is -2.07. The van der Waals surface area contributed by atoms with Gasteiger partial charge in [0.05, 0.1) is 24.3 Å². The van der Waals surface area contributed by atoms with Crippen LogP contribution in [-0.4, -0.2) is 13.1 Å². The van der Waals surface area contributed by atoms with Gasteiger partial charge in [-0.25, -0.2) is 4.79 Å². The van der Waals surface area contributed by atoms with Gasteiger partial charge in [-0.1, -0.05) is 12.1 Å². The van der Waals surface area contributed by atoms with Crippen LogP contribution in [0.15, 0.2) is 42.5 Å². The number of methoxy groups -OCH3 is 1. The zero-order valence-electron chi connectivity index (χ0n) is 11.6. The Morgan fingerprint density at radius 3 is 2.86 bits per heavy atom. The van der Waals surface area contributed by atoms with E-state index in [-0.39, 0.29) is 0 Å². The zero-order valence-corrected chi connectivity index (χ0v) is 11.6. The van der Waals surface area contributed by atoms with E-state index in [0.29, 0.717) is 23.4 Å². The number of benzene rings is 2. The molecule has 0 aliphatic heterocycles. The molecule has 0 saturated carbocycles. The first-order valence-corrected chi connectivity index (χ1v) is 6.35. The third-order valence-electron chi connectivity index (χ3n) is 3.01. The van der Waals surface area contributed by atoms with Crippen molar-refractivity contribution in [2.24, 2.45) is 0 Å². The summed E-state index contributed by atoms with van der Waals surface area (Å²) >= 11 is 0. The molecule has 0 radical (unpaired) electrons. The molecule has 0 amide bonds. The van der Waals surface area contributed by atoms with Gasteiger partial charge in [0.2, 0.25) is 0 Å². The van der Waals surface area contributed by atoms with Gasteiger partial charge in [0.1, 0.15) is 0 Å². The Morgan fingerprint density at radius 2 is 2.14 bits per heavy atom. The number of rotatable bonds is 4. The molecule has 0 saturated heterocycles. The fourth-order valence-electron chi connectivity index (χ4n) is 1.91. The van der Waals surface area contributed by atoms with Gasteiger partial charge in [-0.3, -0.25) is 0 Å². The number of nitrogens with two attached hydrogens (primary N) is 1. The molecule has 106 valence electrons. The van der Waals surface area contributed by atoms with E-state index >= 15 is 0 Å². The van der Waals surface area contributed by atoms with E-state index in [0.717, 1.165) is 11.3 Å². The number of ether oxygens (including phenoxy) is 1. The van der Waals surface area contributed by atoms with Crippen molar-refractivity contribution in [3.05, 3.63) is 59.2 Å². The summed E-state index contributed by atoms with van der Waals surface area (Å²) < 4.78 is 4.68. The Labute approximate surface area is 123 Å². The van der Waals surface area contributed by atoms with Gasteiger partial charge in [-0.2, -0.15) is 5.26 Å². The summed E-state index contributed by atoms with van der Waals surface area (Å²) in [6, 6.07) is 14.5. The highest BCUT2D eigenvalue weighted by Crippen LogP contribution is 2.19. The molecular formula is C16H15N3O2. The minimum absolute atomic E-state index is 0.327. The lowest BCUT2D eigenvalue weighted by Gasteiger charge is -2.10. The van der Waals surface area contributed by atoms with Crippen LogP contribution in [0.3, 0.4) is 0 Å². The number of nitrogens with one attached hydrogen (secondary N) is 1. The Morgan fingerprint density at radius 1 is 1.33 bits per heavy atom. The monoisotopic (exact) mass is 281 g/mol. The second-order valence-corrected chi connectivity index (χ2v) is 4.46. The predicted molar refractivity (Wildman–Crippen MR) is 80.7 cm³/mol. The molecule has 5 heteroatoms. The third-order valence-corrected chi connectivity index (χ3v) is 3.01. The van der Waals surface area contributed by atoms with Crippen LogP contribution in [0.2, 0.25) is 0 Å². The van der Waals surface area contributed by atoms with Crippen molar-refractivity contribution in [2.75, 3.05) is 18.2 Å². The van der Waals surface area contributed by atoms with E-state index < -0.39 is 5.97 Å². The molecule has 0 fully saturated rings. The highest BCUT2D eigenvalue weighted by atomic mass is 16.5. The van der Waals surface area contributed by atoms with Crippen molar-refractivity contribution in [1.82, 2.24) is 0 Å². The van der Waals surface area contributed by atoms with Gasteiger partial charge < -0.3 is 15.8 Å². The molecule has 0 unspecified atom stereocenters. The zero-order chi connectivity index (χ0) is 15.2. The Balaban J connectivity index is 2.13. The standard InChI is InChI=1S/C16H15N3O2/c1-21-16(20)14-8-13(5-6-15(14)18)19-10-12-4-2-3-11(7-12)9-17/h2-8,19H,10,18H2,1H3. The number of nitrogens with zero attached hydrogens (tertiary/aromatic N) is 1. The molecule has 0 spiro atoms. The quantitative estimate of drug-likeness (QED) is 0.664. The first kappa shape index (κ1) is 14.4. The maximum atomic E-state index is 11.6. The number of esters is 1. The van der Waals surface area contributed by atoms with Crippen LogP contribution in [0.1, 0.15) is 21.5 Å². The summed E-state index contributed by atoms with van der Waals surface area (Å²) in [6.45, 7) is 0.542. The topological polar surface area (TPSA) is 88.1 Å². The minimum atomic E-state index is -0.470. The molecule has 5 nitrogen and oxygen atoms in total. The van der Waals surface area contributed by atoms with E-state index in [4.69, 9.17) is 11.0 Å². The van der Waals surface area contributed by atoms with Crippen LogP contribution >= 0.6 is 0 Å². The molecule has 0 bridgehead atoms. The van der Waals surface area contributed by atoms with E-state index in [2.05, 4.69) is 16.1 Å². The molecule has 0 aliphatic rings. The van der Waals surface area contributed by atoms with Gasteiger partial charge >= 0.3 is 5.97 Å². The van der Waals surface area contributed by atoms with Crippen molar-refractivity contribution in [3.63, 3.8) is 0 Å². The number of hydrogen-bond donors (Lipinski definition) is 2. The lowest BCUT2D eigenvalue weighted by molar-refractivity contribution is 0.0602. The van der Waals surface area contributed by atoms with Crippen LogP contribution in [0.5, 0.6) is 0 Å². The SMILES string of the molecule is COC(=O)c1cc(NCc2cccc(C#N)c2)ccc1N. The summed E-state index contributed by atoms with van der Waals surface area (Å²) in [6.07, 6.45) is 0. The average Bonchev–Trinajstić information content (AvgIpc) is 2.53. The van der Waals surface area contributed by atoms with Crippen LogP contribution in [0, 0.1) is 11.3 Å². The molecule has 2 aromatic carbocycles. The van der Waals surface area contributed by atoms with Crippen molar-refractivity contribution in [3.8, 4) is 6.07 Å². The third kappa shape index (κ3) is 3.51. The summed E-state index contributed by atoms with van der Waals surface area (Å²) in [7, 11) is 1.31. The summed E-state index contributed by atoms with van der Waals surface area (Å²) in [5, 5.41) is 12.1. The van der Waals surface area contributed by atoms with Crippen molar-refractivity contribution in [1.29, 1.82) is 5.26 Å². The van der Waals surface area contributed by atoms with Gasteiger partial charge in [0.15, 0.2) is 0 Å². The number of nitriles is 1. The number of carbonyl (C=O) groups excluding carboxylic acids is 1. The van der Waals surface area contributed by atoms with Crippen molar-refractivity contribution >= 4 is 17.3 Å². The second-order valence-electron chi connectivity index (χ2n) is 4.46. The Bertz CT molecular complexity index is 705. The molecule has 2 rings (SSSR count). The van der Waals surface area contributed by atoms with Gasteiger partial charge in [-0.15, -0.1) is 0 Å². The molecular weight excluding hydrogens is 266 g/mol. The molecule has 3 N–H and O–H groups in total. The maximum Gasteiger partial charge on any atom is 0.340 e. The lowest BCUT2D eigenvalue weighted by atomic mass is 10.1. The van der Waals surface area contributed by atoms with E-state index in [9.17, 15) is 4.79 Å². The number of hydrogen-bond acceptors (Lipinski definition) is 5. The fourth-order valence-corrected chi connectivity index (χ4v) is 1.91. The first-order chi connectivity index (χ1) is 10.1. The van der Waals surface area contributed by atoms with E-state index in [1.807, 2.05) is 18.2 Å². The molecule has 21 heavy (non-hydrogen) atoms. The van der Waals surface area contributed by atoms with Gasteiger partial charge in [-0.05, 0) is 35.9 Å². The number of anilines is 2. The van der Waals surface area contributed by atoms with E-state index in [1.54, 1.807) is 24.3 Å². The van der Waals surface area contributed by atoms with Crippen LogP contribution in [0.25, 0.3) is 0 Å². The normalized spacial score (nSPS) is 9.71. The predicted octanol–water partition coefficient (Wildman–Crippen LogP) is 2.54. The minimum Gasteiger partial charge on any atom is -0.465 e. The molecule has 0 atom stereocenters. The second kappa shape index (κ2) is 6.44. The summed E-state index contributed by atoms with van der Waals surface area (Å²) in [5.74, 6) is -0.470. The summed E-state index contributed by atoms with van der Waals surface area (Å²) in [4.78, 5) is 11.6. The van der Waals surface area contributed by atoms with Crippen molar-refractivity contribution < 1.29 is 9.53 Å². The van der Waals surface area contributed by atoms with E-state index in [1.165, 1.54) is 7.11 Å². The average molecular weight is 281 g/mol. The van der Waals surface area contributed by atoms with Crippen LogP contribution in [-0.2, 0) is 11.3 Å². The highest BCUT2D eigenvalue weighted by molar-refractivity contribution is 5.96. The smallest absolute Gasteiger partial charge is 0.340 e. The van der Waals surface area contributed by atoms with Crippen LogP contribution < -0.4 is 11.1 Å². The van der Waals surface area contributed by atoms with Gasteiger partial charge in [0, 0.05) is 17.9 Å². The van der Waals surface area contributed by atoms with Crippen molar-refractivity contribution in [2.45, 2.75) is 6.54 Å². The highest BCUT2D eigenvalue weighted by Gasteiger charge is 2.10. The number of carbonyl (C=O) groups is 1. The molecule has 2 aromatic rings. The molecule has 0 heterocycles. The largest absolute Gasteiger partial charge is 0.465 e. The Kier molecular flexibility index (Phi) is 4.42.